The molecule has 1 saturated heterocycles. The minimum atomic E-state index is -0.294. The predicted molar refractivity (Wildman–Crippen MR) is 102 cm³/mol. The Labute approximate surface area is 156 Å². The van der Waals surface area contributed by atoms with Crippen LogP contribution in [0.15, 0.2) is 54.7 Å². The van der Waals surface area contributed by atoms with Crippen molar-refractivity contribution in [2.24, 2.45) is 0 Å². The van der Waals surface area contributed by atoms with Gasteiger partial charge >= 0.3 is 0 Å². The highest BCUT2D eigenvalue weighted by Crippen LogP contribution is 2.29. The summed E-state index contributed by atoms with van der Waals surface area (Å²) in [4.78, 5) is 18.9. The largest absolute Gasteiger partial charge is 0.505 e. The number of carbonyl (C=O) groups excluding carboxylic acids is 1. The second-order valence-corrected chi connectivity index (χ2v) is 6.78. The van der Waals surface area contributed by atoms with E-state index >= 15 is 0 Å². The van der Waals surface area contributed by atoms with Crippen LogP contribution in [-0.4, -0.2) is 40.0 Å². The number of aromatic hydroxyl groups is 1. The minimum Gasteiger partial charge on any atom is -0.505 e. The number of nitrogens with zero attached hydrogens (tertiary/aromatic N) is 2. The zero-order valence-electron chi connectivity index (χ0n) is 14.7. The van der Waals surface area contributed by atoms with E-state index in [4.69, 9.17) is 0 Å². The van der Waals surface area contributed by atoms with Crippen molar-refractivity contribution >= 4 is 22.5 Å². The van der Waals surface area contributed by atoms with Crippen LogP contribution in [0.1, 0.15) is 23.2 Å². The van der Waals surface area contributed by atoms with Crippen LogP contribution in [0.5, 0.6) is 5.75 Å². The molecule has 138 valence electrons. The van der Waals surface area contributed by atoms with Gasteiger partial charge in [-0.3, -0.25) is 9.78 Å². The summed E-state index contributed by atoms with van der Waals surface area (Å²) in [5.41, 5.74) is 1.38. The van der Waals surface area contributed by atoms with Crippen LogP contribution in [0.3, 0.4) is 0 Å². The molecule has 1 fully saturated rings. The third-order valence-corrected chi connectivity index (χ3v) is 4.88. The molecule has 0 aliphatic carbocycles. The second-order valence-electron chi connectivity index (χ2n) is 6.78. The third-order valence-electron chi connectivity index (χ3n) is 4.88. The third kappa shape index (κ3) is 3.56. The van der Waals surface area contributed by atoms with E-state index in [0.717, 1.165) is 18.2 Å². The Balaban J connectivity index is 1.53. The number of aromatic nitrogens is 1. The molecule has 1 aromatic heterocycles. The zero-order valence-corrected chi connectivity index (χ0v) is 14.7. The van der Waals surface area contributed by atoms with Gasteiger partial charge < -0.3 is 15.3 Å². The quantitative estimate of drug-likeness (QED) is 0.741. The average molecular weight is 365 g/mol. The normalized spacial score (nSPS) is 17.1. The van der Waals surface area contributed by atoms with Crippen LogP contribution in [0.25, 0.3) is 10.9 Å². The summed E-state index contributed by atoms with van der Waals surface area (Å²) in [5, 5.41) is 14.6. The van der Waals surface area contributed by atoms with Crippen LogP contribution in [0.2, 0.25) is 0 Å². The standard InChI is InChI=1S/C21H20FN3O2/c22-15-5-1-6-16(12-15)24-17-7-3-11-25(13-17)21(27)18-9-8-14-4-2-10-23-19(14)20(18)26/h1-2,4-6,8-10,12,17,24,26H,3,7,11,13H2. The number of anilines is 1. The van der Waals surface area contributed by atoms with Gasteiger partial charge in [-0.25, -0.2) is 4.39 Å². The Morgan fingerprint density at radius 3 is 2.96 bits per heavy atom. The maximum atomic E-state index is 13.4. The zero-order chi connectivity index (χ0) is 18.8. The fourth-order valence-corrected chi connectivity index (χ4v) is 3.57. The van der Waals surface area contributed by atoms with Crippen molar-refractivity contribution in [3.05, 3.63) is 66.1 Å². The van der Waals surface area contributed by atoms with Gasteiger partial charge in [-0.15, -0.1) is 0 Å². The van der Waals surface area contributed by atoms with Crippen LogP contribution in [0.4, 0.5) is 10.1 Å². The Kier molecular flexibility index (Phi) is 4.62. The molecule has 0 spiro atoms. The highest BCUT2D eigenvalue weighted by molar-refractivity contribution is 6.02. The van der Waals surface area contributed by atoms with Gasteiger partial charge in [0.2, 0.25) is 0 Å². The molecular weight excluding hydrogens is 345 g/mol. The molecule has 27 heavy (non-hydrogen) atoms. The molecule has 1 aliphatic rings. The van der Waals surface area contributed by atoms with Crippen molar-refractivity contribution in [1.82, 2.24) is 9.88 Å². The van der Waals surface area contributed by atoms with Gasteiger partial charge in [-0.1, -0.05) is 18.2 Å². The van der Waals surface area contributed by atoms with Crippen molar-refractivity contribution in [3.63, 3.8) is 0 Å². The monoisotopic (exact) mass is 365 g/mol. The number of hydrogen-bond donors (Lipinski definition) is 2. The molecule has 1 aliphatic heterocycles. The maximum absolute atomic E-state index is 13.4. The fraction of sp³-hybridized carbons (Fsp3) is 0.238. The fourth-order valence-electron chi connectivity index (χ4n) is 3.57. The van der Waals surface area contributed by atoms with Gasteiger partial charge in [0.25, 0.3) is 5.91 Å². The minimum absolute atomic E-state index is 0.0326. The Hall–Kier alpha value is -3.15. The van der Waals surface area contributed by atoms with Crippen LogP contribution < -0.4 is 5.32 Å². The Bertz CT molecular complexity index is 992. The number of nitrogens with one attached hydrogen (secondary N) is 1. The summed E-state index contributed by atoms with van der Waals surface area (Å²) in [5.74, 6) is -0.596. The number of piperidine rings is 1. The van der Waals surface area contributed by atoms with E-state index in [1.165, 1.54) is 12.1 Å². The molecule has 0 saturated carbocycles. The summed E-state index contributed by atoms with van der Waals surface area (Å²) in [7, 11) is 0. The van der Waals surface area contributed by atoms with Crippen molar-refractivity contribution < 1.29 is 14.3 Å². The van der Waals surface area contributed by atoms with Gasteiger partial charge in [0, 0.05) is 36.4 Å². The molecule has 1 unspecified atom stereocenters. The number of likely N-dealkylation sites (tertiary alicyclic amines) is 1. The summed E-state index contributed by atoms with van der Waals surface area (Å²) in [6, 6.07) is 13.4. The van der Waals surface area contributed by atoms with E-state index in [2.05, 4.69) is 10.3 Å². The molecular formula is C21H20FN3O2. The van der Waals surface area contributed by atoms with Crippen LogP contribution in [-0.2, 0) is 0 Å². The number of hydrogen-bond acceptors (Lipinski definition) is 4. The smallest absolute Gasteiger partial charge is 0.257 e. The molecule has 4 rings (SSSR count). The van der Waals surface area contributed by atoms with E-state index < -0.39 is 0 Å². The van der Waals surface area contributed by atoms with Crippen molar-refractivity contribution in [1.29, 1.82) is 0 Å². The highest BCUT2D eigenvalue weighted by atomic mass is 19.1. The number of fused-ring (bicyclic) bond motifs is 1. The number of amides is 1. The van der Waals surface area contributed by atoms with E-state index in [1.807, 2.05) is 12.1 Å². The molecule has 5 nitrogen and oxygen atoms in total. The number of phenols is 1. The second kappa shape index (κ2) is 7.23. The molecule has 2 heterocycles. The van der Waals surface area contributed by atoms with E-state index in [0.29, 0.717) is 24.3 Å². The van der Waals surface area contributed by atoms with Crippen LogP contribution in [0, 0.1) is 5.82 Å². The van der Waals surface area contributed by atoms with Gasteiger partial charge in [0.15, 0.2) is 5.75 Å². The van der Waals surface area contributed by atoms with Crippen molar-refractivity contribution in [3.8, 4) is 5.75 Å². The number of pyridine rings is 1. The lowest BCUT2D eigenvalue weighted by molar-refractivity contribution is 0.0712. The Morgan fingerprint density at radius 1 is 1.22 bits per heavy atom. The first-order valence-corrected chi connectivity index (χ1v) is 9.00. The number of phenolic OH excluding ortho intramolecular Hbond substituents is 1. The number of halogens is 1. The molecule has 1 amide bonds. The van der Waals surface area contributed by atoms with E-state index in [-0.39, 0.29) is 29.1 Å². The first-order chi connectivity index (χ1) is 13.1. The van der Waals surface area contributed by atoms with Gasteiger partial charge in [0.05, 0.1) is 5.56 Å². The predicted octanol–water partition coefficient (Wildman–Crippen LogP) is 3.80. The molecule has 1 atom stereocenters. The summed E-state index contributed by atoms with van der Waals surface area (Å²) >= 11 is 0. The first-order valence-electron chi connectivity index (χ1n) is 9.00. The summed E-state index contributed by atoms with van der Waals surface area (Å²) < 4.78 is 13.4. The number of carbonyl (C=O) groups is 1. The molecule has 2 aromatic carbocycles. The highest BCUT2D eigenvalue weighted by Gasteiger charge is 2.26. The van der Waals surface area contributed by atoms with Crippen molar-refractivity contribution in [2.75, 3.05) is 18.4 Å². The van der Waals surface area contributed by atoms with Gasteiger partial charge in [0.1, 0.15) is 11.3 Å². The van der Waals surface area contributed by atoms with E-state index in [9.17, 15) is 14.3 Å². The van der Waals surface area contributed by atoms with E-state index in [1.54, 1.807) is 35.4 Å². The SMILES string of the molecule is O=C(c1ccc2cccnc2c1O)N1CCCC(Nc2cccc(F)c2)C1. The number of rotatable bonds is 3. The summed E-state index contributed by atoms with van der Waals surface area (Å²) in [6.07, 6.45) is 3.33. The lowest BCUT2D eigenvalue weighted by Gasteiger charge is -2.34. The van der Waals surface area contributed by atoms with Crippen LogP contribution >= 0.6 is 0 Å². The molecule has 3 aromatic rings. The first kappa shape index (κ1) is 17.3. The lowest BCUT2D eigenvalue weighted by atomic mass is 10.0. The lowest BCUT2D eigenvalue weighted by Crippen LogP contribution is -2.45. The van der Waals surface area contributed by atoms with Gasteiger partial charge in [-0.2, -0.15) is 0 Å². The molecule has 0 bridgehead atoms. The molecule has 6 heteroatoms. The van der Waals surface area contributed by atoms with Crippen molar-refractivity contribution in [2.45, 2.75) is 18.9 Å². The maximum Gasteiger partial charge on any atom is 0.257 e. The number of benzene rings is 2. The molecule has 2 N–H and O–H groups in total. The Morgan fingerprint density at radius 2 is 2.11 bits per heavy atom. The topological polar surface area (TPSA) is 65.5 Å². The van der Waals surface area contributed by atoms with Gasteiger partial charge in [-0.05, 0) is 43.2 Å². The average Bonchev–Trinajstić information content (AvgIpc) is 2.68. The molecule has 0 radical (unpaired) electrons. The summed E-state index contributed by atoms with van der Waals surface area (Å²) in [6.45, 7) is 1.12.